The number of halogens is 1. The first-order valence-electron chi connectivity index (χ1n) is 7.53. The summed E-state index contributed by atoms with van der Waals surface area (Å²) in [5.74, 6) is -1.05. The van der Waals surface area contributed by atoms with Crippen molar-refractivity contribution in [1.82, 2.24) is 10.6 Å². The highest BCUT2D eigenvalue weighted by Gasteiger charge is 2.18. The number of hydrogen-bond donors (Lipinski definition) is 4. The number of hydrogen-bond acceptors (Lipinski definition) is 4. The third-order valence-electron chi connectivity index (χ3n) is 3.67. The lowest BCUT2D eigenvalue weighted by Gasteiger charge is -2.17. The van der Waals surface area contributed by atoms with Gasteiger partial charge in [-0.05, 0) is 23.6 Å². The number of carbonyl (C=O) groups excluding carboxylic acids is 3. The van der Waals surface area contributed by atoms with Crippen molar-refractivity contribution in [2.75, 3.05) is 6.54 Å². The summed E-state index contributed by atoms with van der Waals surface area (Å²) in [7, 11) is 0. The Morgan fingerprint density at radius 3 is 2.21 bits per heavy atom. The second kappa shape index (κ2) is 10.6. The summed E-state index contributed by atoms with van der Waals surface area (Å²) >= 11 is 0. The number of benzene rings is 1. The fourth-order valence-electron chi connectivity index (χ4n) is 1.86. The molecule has 2 atom stereocenters. The van der Waals surface area contributed by atoms with E-state index in [1.165, 1.54) is 0 Å². The average molecular weight is 357 g/mol. The number of carbonyl (C=O) groups is 3. The van der Waals surface area contributed by atoms with Crippen molar-refractivity contribution < 1.29 is 14.4 Å². The quantitative estimate of drug-likeness (QED) is 0.534. The van der Waals surface area contributed by atoms with Crippen LogP contribution in [0.5, 0.6) is 0 Å². The molecular formula is C16H25ClN4O3. The second-order valence-electron chi connectivity index (χ2n) is 5.48. The average Bonchev–Trinajstić information content (AvgIpc) is 2.56. The van der Waals surface area contributed by atoms with Crippen molar-refractivity contribution in [1.29, 1.82) is 0 Å². The Bertz CT molecular complexity index is 563. The molecule has 8 heteroatoms. The van der Waals surface area contributed by atoms with Crippen molar-refractivity contribution in [2.24, 2.45) is 17.4 Å². The maximum Gasteiger partial charge on any atom is 0.251 e. The van der Waals surface area contributed by atoms with Gasteiger partial charge in [0, 0.05) is 12.1 Å². The summed E-state index contributed by atoms with van der Waals surface area (Å²) in [4.78, 5) is 34.2. The van der Waals surface area contributed by atoms with E-state index in [0.717, 1.165) is 12.0 Å². The molecule has 0 aliphatic rings. The first-order chi connectivity index (χ1) is 10.8. The highest BCUT2D eigenvalue weighted by molar-refractivity contribution is 5.96. The molecule has 0 radical (unpaired) electrons. The lowest BCUT2D eigenvalue weighted by Crippen LogP contribution is -2.44. The van der Waals surface area contributed by atoms with Crippen molar-refractivity contribution in [3.63, 3.8) is 0 Å². The van der Waals surface area contributed by atoms with E-state index in [1.807, 2.05) is 13.8 Å². The Kier molecular flexibility index (Phi) is 9.68. The van der Waals surface area contributed by atoms with Crippen LogP contribution < -0.4 is 22.1 Å². The Hall–Kier alpha value is -2.12. The molecule has 0 aliphatic carbocycles. The van der Waals surface area contributed by atoms with E-state index in [2.05, 4.69) is 10.6 Å². The third-order valence-corrected chi connectivity index (χ3v) is 3.67. The van der Waals surface area contributed by atoms with Crippen LogP contribution in [0.3, 0.4) is 0 Å². The SMILES string of the molecule is CCC(C)C(N)C(=O)NCc1ccc(C(=O)NCC(N)=O)cc1.Cl. The van der Waals surface area contributed by atoms with Gasteiger partial charge in [-0.2, -0.15) is 0 Å². The van der Waals surface area contributed by atoms with Crippen LogP contribution in [0.25, 0.3) is 0 Å². The molecule has 134 valence electrons. The second-order valence-corrected chi connectivity index (χ2v) is 5.48. The molecule has 0 aromatic heterocycles. The molecule has 7 nitrogen and oxygen atoms in total. The summed E-state index contributed by atoms with van der Waals surface area (Å²) in [5.41, 5.74) is 12.1. The molecule has 0 saturated heterocycles. The van der Waals surface area contributed by atoms with Gasteiger partial charge < -0.3 is 22.1 Å². The molecule has 6 N–H and O–H groups in total. The summed E-state index contributed by atoms with van der Waals surface area (Å²) in [6.45, 7) is 4.06. The Balaban J connectivity index is 0.00000529. The highest BCUT2D eigenvalue weighted by Crippen LogP contribution is 2.07. The van der Waals surface area contributed by atoms with Crippen LogP contribution in [0.4, 0.5) is 0 Å². The number of nitrogens with two attached hydrogens (primary N) is 2. The molecule has 2 unspecified atom stereocenters. The van der Waals surface area contributed by atoms with Gasteiger partial charge in [-0.1, -0.05) is 32.4 Å². The molecule has 1 aromatic rings. The van der Waals surface area contributed by atoms with Gasteiger partial charge in [0.2, 0.25) is 11.8 Å². The minimum Gasteiger partial charge on any atom is -0.368 e. The van der Waals surface area contributed by atoms with E-state index in [0.29, 0.717) is 12.1 Å². The maximum atomic E-state index is 11.9. The zero-order chi connectivity index (χ0) is 17.4. The normalized spacial score (nSPS) is 12.5. The fraction of sp³-hybridized carbons (Fsp3) is 0.438. The lowest BCUT2D eigenvalue weighted by atomic mass is 9.99. The van der Waals surface area contributed by atoms with Crippen molar-refractivity contribution >= 4 is 30.1 Å². The molecular weight excluding hydrogens is 332 g/mol. The van der Waals surface area contributed by atoms with E-state index in [1.54, 1.807) is 24.3 Å². The first kappa shape index (κ1) is 21.9. The molecule has 1 rings (SSSR count). The monoisotopic (exact) mass is 356 g/mol. The smallest absolute Gasteiger partial charge is 0.251 e. The summed E-state index contributed by atoms with van der Waals surface area (Å²) < 4.78 is 0. The molecule has 0 aliphatic heterocycles. The number of rotatable bonds is 8. The Labute approximate surface area is 147 Å². The van der Waals surface area contributed by atoms with E-state index in [4.69, 9.17) is 11.5 Å². The van der Waals surface area contributed by atoms with E-state index < -0.39 is 11.9 Å². The third kappa shape index (κ3) is 6.97. The van der Waals surface area contributed by atoms with Crippen LogP contribution in [0.15, 0.2) is 24.3 Å². The lowest BCUT2D eigenvalue weighted by molar-refractivity contribution is -0.123. The number of amides is 3. The maximum absolute atomic E-state index is 11.9. The van der Waals surface area contributed by atoms with Crippen LogP contribution in [0, 0.1) is 5.92 Å². The fourth-order valence-corrected chi connectivity index (χ4v) is 1.86. The molecule has 0 heterocycles. The minimum absolute atomic E-state index is 0. The van der Waals surface area contributed by atoms with Gasteiger partial charge in [0.15, 0.2) is 0 Å². The van der Waals surface area contributed by atoms with Gasteiger partial charge in [0.1, 0.15) is 0 Å². The van der Waals surface area contributed by atoms with Crippen LogP contribution in [0.2, 0.25) is 0 Å². The van der Waals surface area contributed by atoms with Crippen molar-refractivity contribution in [2.45, 2.75) is 32.9 Å². The van der Waals surface area contributed by atoms with Gasteiger partial charge in [-0.3, -0.25) is 14.4 Å². The predicted molar refractivity (Wildman–Crippen MR) is 94.5 cm³/mol. The van der Waals surface area contributed by atoms with E-state index in [-0.39, 0.29) is 36.7 Å². The number of nitrogens with one attached hydrogen (secondary N) is 2. The van der Waals surface area contributed by atoms with Crippen LogP contribution >= 0.6 is 12.4 Å². The zero-order valence-electron chi connectivity index (χ0n) is 13.9. The van der Waals surface area contributed by atoms with Gasteiger partial charge in [0.25, 0.3) is 5.91 Å². The molecule has 3 amide bonds. The first-order valence-corrected chi connectivity index (χ1v) is 7.53. The van der Waals surface area contributed by atoms with E-state index in [9.17, 15) is 14.4 Å². The molecule has 0 bridgehead atoms. The summed E-state index contributed by atoms with van der Waals surface area (Å²) in [6, 6.07) is 6.17. The van der Waals surface area contributed by atoms with Crippen molar-refractivity contribution in [3.05, 3.63) is 35.4 Å². The number of primary amides is 1. The highest BCUT2D eigenvalue weighted by atomic mass is 35.5. The molecule has 0 spiro atoms. The van der Waals surface area contributed by atoms with Gasteiger partial charge in [-0.15, -0.1) is 12.4 Å². The van der Waals surface area contributed by atoms with Gasteiger partial charge in [0.05, 0.1) is 12.6 Å². The zero-order valence-corrected chi connectivity index (χ0v) is 14.7. The largest absolute Gasteiger partial charge is 0.368 e. The predicted octanol–water partition coefficient (Wildman–Crippen LogP) is 0.313. The summed E-state index contributed by atoms with van der Waals surface area (Å²) in [5, 5.41) is 5.18. The van der Waals surface area contributed by atoms with Gasteiger partial charge in [-0.25, -0.2) is 0 Å². The standard InChI is InChI=1S/C16H24N4O3.ClH/c1-3-10(2)14(18)16(23)19-8-11-4-6-12(7-5-11)15(22)20-9-13(17)21;/h4-7,10,14H,3,8-9,18H2,1-2H3,(H2,17,21)(H,19,23)(H,20,22);1H. The molecule has 0 fully saturated rings. The van der Waals surface area contributed by atoms with Gasteiger partial charge >= 0.3 is 0 Å². The van der Waals surface area contributed by atoms with Crippen LogP contribution in [-0.2, 0) is 16.1 Å². The molecule has 1 aromatic carbocycles. The van der Waals surface area contributed by atoms with Crippen LogP contribution in [-0.4, -0.2) is 30.3 Å². The van der Waals surface area contributed by atoms with E-state index >= 15 is 0 Å². The van der Waals surface area contributed by atoms with Crippen molar-refractivity contribution in [3.8, 4) is 0 Å². The minimum atomic E-state index is -0.602. The molecule has 0 saturated carbocycles. The summed E-state index contributed by atoms with van der Waals surface area (Å²) in [6.07, 6.45) is 0.837. The topological polar surface area (TPSA) is 127 Å². The molecule has 24 heavy (non-hydrogen) atoms. The Morgan fingerprint density at radius 1 is 1.12 bits per heavy atom. The Morgan fingerprint density at radius 2 is 1.71 bits per heavy atom. The van der Waals surface area contributed by atoms with Crippen LogP contribution in [0.1, 0.15) is 36.2 Å².